The lowest BCUT2D eigenvalue weighted by molar-refractivity contribution is -0.132. The summed E-state index contributed by atoms with van der Waals surface area (Å²) in [6.07, 6.45) is 0.360. The van der Waals surface area contributed by atoms with Crippen molar-refractivity contribution in [1.82, 2.24) is 14.7 Å². The van der Waals surface area contributed by atoms with E-state index in [4.69, 9.17) is 5.21 Å². The van der Waals surface area contributed by atoms with Gasteiger partial charge in [0, 0.05) is 12.6 Å². The molecular weight excluding hydrogens is 330 g/mol. The molecule has 0 spiro atoms. The minimum Gasteiger partial charge on any atom is -0.300 e. The number of hydroxylamine groups is 1. The fourth-order valence-electron chi connectivity index (χ4n) is 3.21. The van der Waals surface area contributed by atoms with Gasteiger partial charge in [-0.15, -0.1) is 0 Å². The minimum atomic E-state index is -3.81. The van der Waals surface area contributed by atoms with Gasteiger partial charge in [0.15, 0.2) is 0 Å². The molecule has 2 atom stereocenters. The van der Waals surface area contributed by atoms with Crippen molar-refractivity contribution in [3.8, 4) is 0 Å². The highest BCUT2D eigenvalue weighted by Gasteiger charge is 2.45. The standard InChI is InChI=1S/C16H25N3O4S/c1-4-18(5-2)13-10-15(16(20)17-21)19(11-13)24(22,23)14-8-6-12(3)7-9-14/h6-9,13,15,21H,4-5,10-11H2,1-3H3,(H,17,20)/t13-,15+/m0/s1. The third-order valence-electron chi connectivity index (χ3n) is 4.60. The molecule has 0 saturated carbocycles. The monoisotopic (exact) mass is 355 g/mol. The van der Waals surface area contributed by atoms with Gasteiger partial charge in [-0.2, -0.15) is 4.31 Å². The van der Waals surface area contributed by atoms with E-state index in [-0.39, 0.29) is 17.5 Å². The zero-order valence-electron chi connectivity index (χ0n) is 14.3. The molecular formula is C16H25N3O4S. The maximum absolute atomic E-state index is 13.0. The molecule has 1 aliphatic heterocycles. The van der Waals surface area contributed by atoms with Crippen LogP contribution in [0.5, 0.6) is 0 Å². The zero-order valence-corrected chi connectivity index (χ0v) is 15.1. The van der Waals surface area contributed by atoms with Gasteiger partial charge in [0.1, 0.15) is 6.04 Å². The molecule has 2 rings (SSSR count). The van der Waals surface area contributed by atoms with Crippen LogP contribution < -0.4 is 5.48 Å². The molecule has 2 N–H and O–H groups in total. The first-order valence-electron chi connectivity index (χ1n) is 8.11. The van der Waals surface area contributed by atoms with E-state index in [2.05, 4.69) is 4.90 Å². The first-order valence-corrected chi connectivity index (χ1v) is 9.55. The Morgan fingerprint density at radius 3 is 2.38 bits per heavy atom. The van der Waals surface area contributed by atoms with Crippen LogP contribution in [0.3, 0.4) is 0 Å². The summed E-state index contributed by atoms with van der Waals surface area (Å²) in [5.41, 5.74) is 2.56. The van der Waals surface area contributed by atoms with Crippen LogP contribution in [0.25, 0.3) is 0 Å². The zero-order chi connectivity index (χ0) is 17.9. The molecule has 0 radical (unpaired) electrons. The summed E-state index contributed by atoms with van der Waals surface area (Å²) in [5.74, 6) is -0.694. The number of benzene rings is 1. The van der Waals surface area contributed by atoms with Crippen LogP contribution in [-0.2, 0) is 14.8 Å². The molecule has 8 heteroatoms. The number of carbonyl (C=O) groups is 1. The number of nitrogens with one attached hydrogen (secondary N) is 1. The van der Waals surface area contributed by atoms with Gasteiger partial charge in [-0.25, -0.2) is 13.9 Å². The third kappa shape index (κ3) is 3.61. The number of hydrogen-bond acceptors (Lipinski definition) is 5. The SMILES string of the molecule is CCN(CC)[C@H]1C[C@H](C(=O)NO)N(S(=O)(=O)c2ccc(C)cc2)C1. The van der Waals surface area contributed by atoms with Crippen LogP contribution in [0.1, 0.15) is 25.8 Å². The lowest BCUT2D eigenvalue weighted by Crippen LogP contribution is -2.45. The van der Waals surface area contributed by atoms with Crippen molar-refractivity contribution in [2.75, 3.05) is 19.6 Å². The minimum absolute atomic E-state index is 0.0532. The van der Waals surface area contributed by atoms with Gasteiger partial charge in [0.2, 0.25) is 10.0 Å². The quantitative estimate of drug-likeness (QED) is 0.586. The number of rotatable bonds is 6. The lowest BCUT2D eigenvalue weighted by atomic mass is 10.1. The second-order valence-electron chi connectivity index (χ2n) is 5.99. The molecule has 134 valence electrons. The number of aryl methyl sites for hydroxylation is 1. The maximum Gasteiger partial charge on any atom is 0.261 e. The molecule has 1 aromatic rings. The normalized spacial score (nSPS) is 22.0. The van der Waals surface area contributed by atoms with E-state index in [0.29, 0.717) is 6.42 Å². The fourth-order valence-corrected chi connectivity index (χ4v) is 4.85. The van der Waals surface area contributed by atoms with E-state index >= 15 is 0 Å². The van der Waals surface area contributed by atoms with E-state index in [1.54, 1.807) is 29.7 Å². The first-order chi connectivity index (χ1) is 11.3. The third-order valence-corrected chi connectivity index (χ3v) is 6.49. The van der Waals surface area contributed by atoms with E-state index in [1.165, 1.54) is 4.31 Å². The smallest absolute Gasteiger partial charge is 0.261 e. The summed E-state index contributed by atoms with van der Waals surface area (Å²) in [4.78, 5) is 14.3. The highest BCUT2D eigenvalue weighted by molar-refractivity contribution is 7.89. The van der Waals surface area contributed by atoms with Crippen molar-refractivity contribution in [3.05, 3.63) is 29.8 Å². The van der Waals surface area contributed by atoms with Crippen LogP contribution in [0, 0.1) is 6.92 Å². The molecule has 1 fully saturated rings. The predicted octanol–water partition coefficient (Wildman–Crippen LogP) is 0.974. The van der Waals surface area contributed by atoms with E-state index in [1.807, 2.05) is 20.8 Å². The average molecular weight is 355 g/mol. The van der Waals surface area contributed by atoms with Crippen molar-refractivity contribution in [1.29, 1.82) is 0 Å². The Bertz CT molecular complexity index is 671. The lowest BCUT2D eigenvalue weighted by Gasteiger charge is -2.26. The van der Waals surface area contributed by atoms with Gasteiger partial charge in [0.25, 0.3) is 5.91 Å². The Balaban J connectivity index is 2.36. The summed E-state index contributed by atoms with van der Waals surface area (Å²) in [7, 11) is -3.81. The predicted molar refractivity (Wildman–Crippen MR) is 90.1 cm³/mol. The van der Waals surface area contributed by atoms with Crippen molar-refractivity contribution in [2.24, 2.45) is 0 Å². The van der Waals surface area contributed by atoms with Gasteiger partial charge < -0.3 is 0 Å². The Morgan fingerprint density at radius 1 is 1.29 bits per heavy atom. The van der Waals surface area contributed by atoms with Crippen LogP contribution in [0.2, 0.25) is 0 Å². The van der Waals surface area contributed by atoms with Gasteiger partial charge in [-0.05, 0) is 38.6 Å². The molecule has 0 unspecified atom stereocenters. The second-order valence-corrected chi connectivity index (χ2v) is 7.88. The van der Waals surface area contributed by atoms with Crippen molar-refractivity contribution < 1.29 is 18.4 Å². The molecule has 1 amide bonds. The summed E-state index contributed by atoms with van der Waals surface area (Å²) < 4.78 is 27.1. The van der Waals surface area contributed by atoms with E-state index < -0.39 is 22.0 Å². The number of hydrogen-bond donors (Lipinski definition) is 2. The average Bonchev–Trinajstić information content (AvgIpc) is 3.01. The number of amides is 1. The van der Waals surface area contributed by atoms with Crippen molar-refractivity contribution in [3.63, 3.8) is 0 Å². The molecule has 24 heavy (non-hydrogen) atoms. The molecule has 1 aromatic carbocycles. The number of likely N-dealkylation sites (N-methyl/N-ethyl adjacent to an activating group) is 1. The molecule has 7 nitrogen and oxygen atoms in total. The summed E-state index contributed by atoms with van der Waals surface area (Å²) in [5, 5.41) is 8.99. The van der Waals surface area contributed by atoms with Gasteiger partial charge in [-0.3, -0.25) is 14.9 Å². The topological polar surface area (TPSA) is 90.0 Å². The molecule has 1 heterocycles. The fraction of sp³-hybridized carbons (Fsp3) is 0.562. The van der Waals surface area contributed by atoms with Crippen molar-refractivity contribution in [2.45, 2.75) is 44.2 Å². The molecule has 1 saturated heterocycles. The summed E-state index contributed by atoms with van der Waals surface area (Å²) in [6, 6.07) is 5.58. The Hall–Kier alpha value is -1.48. The van der Waals surface area contributed by atoms with E-state index in [9.17, 15) is 13.2 Å². The van der Waals surface area contributed by atoms with Crippen LogP contribution >= 0.6 is 0 Å². The number of carbonyl (C=O) groups excluding carboxylic acids is 1. The molecule has 0 bridgehead atoms. The summed E-state index contributed by atoms with van der Waals surface area (Å²) >= 11 is 0. The van der Waals surface area contributed by atoms with Crippen LogP contribution in [-0.4, -0.2) is 60.5 Å². The Kier molecular flexibility index (Phi) is 5.97. The Labute approximate surface area is 143 Å². The summed E-state index contributed by atoms with van der Waals surface area (Å²) in [6.45, 7) is 7.66. The van der Waals surface area contributed by atoms with E-state index in [0.717, 1.165) is 18.7 Å². The van der Waals surface area contributed by atoms with Crippen LogP contribution in [0.4, 0.5) is 0 Å². The first kappa shape index (κ1) is 18.9. The number of sulfonamides is 1. The largest absolute Gasteiger partial charge is 0.300 e. The van der Waals surface area contributed by atoms with Gasteiger partial charge in [0.05, 0.1) is 4.90 Å². The van der Waals surface area contributed by atoms with Crippen molar-refractivity contribution >= 4 is 15.9 Å². The molecule has 0 aliphatic carbocycles. The van der Waals surface area contributed by atoms with Crippen LogP contribution in [0.15, 0.2) is 29.2 Å². The molecule has 1 aliphatic rings. The van der Waals surface area contributed by atoms with Gasteiger partial charge >= 0.3 is 0 Å². The maximum atomic E-state index is 13.0. The second kappa shape index (κ2) is 7.60. The number of nitrogens with zero attached hydrogens (tertiary/aromatic N) is 2. The Morgan fingerprint density at radius 2 is 1.88 bits per heavy atom. The highest BCUT2D eigenvalue weighted by Crippen LogP contribution is 2.29. The van der Waals surface area contributed by atoms with Gasteiger partial charge in [-0.1, -0.05) is 31.5 Å². The highest BCUT2D eigenvalue weighted by atomic mass is 32.2. The molecule has 0 aromatic heterocycles.